The second kappa shape index (κ2) is 8.52. The molecule has 3 rings (SSSR count). The standard InChI is InChI=1S/C17H19F2N5O2/c18-12-2-1-3-13(19)16(12)17(25)21-5-4-20-14-10-15(23-11-22-14)24-6-8-26-9-7-24/h1-3,10-11H,4-9H2,(H,21,25)(H,20,22,23). The predicted molar refractivity (Wildman–Crippen MR) is 92.2 cm³/mol. The summed E-state index contributed by atoms with van der Waals surface area (Å²) in [6.45, 7) is 3.38. The Labute approximate surface area is 149 Å². The first-order valence-electron chi connectivity index (χ1n) is 8.26. The Morgan fingerprint density at radius 3 is 2.62 bits per heavy atom. The molecule has 9 heteroatoms. The van der Waals surface area contributed by atoms with E-state index in [1.165, 1.54) is 12.4 Å². The van der Waals surface area contributed by atoms with Crippen molar-refractivity contribution in [3.8, 4) is 0 Å². The van der Waals surface area contributed by atoms with Crippen LogP contribution in [0.4, 0.5) is 20.4 Å². The number of nitrogens with zero attached hydrogens (tertiary/aromatic N) is 3. The normalized spacial score (nSPS) is 14.2. The summed E-state index contributed by atoms with van der Waals surface area (Å²) in [6.07, 6.45) is 1.46. The molecule has 0 aliphatic carbocycles. The van der Waals surface area contributed by atoms with E-state index in [1.54, 1.807) is 0 Å². The Bertz CT molecular complexity index is 748. The third kappa shape index (κ3) is 4.42. The van der Waals surface area contributed by atoms with Crippen LogP contribution in [-0.4, -0.2) is 55.3 Å². The maximum absolute atomic E-state index is 13.5. The van der Waals surface area contributed by atoms with Gasteiger partial charge in [-0.3, -0.25) is 4.79 Å². The molecule has 0 unspecified atom stereocenters. The molecule has 0 atom stereocenters. The van der Waals surface area contributed by atoms with Crippen molar-refractivity contribution in [2.24, 2.45) is 0 Å². The van der Waals surface area contributed by atoms with E-state index in [4.69, 9.17) is 4.74 Å². The number of rotatable bonds is 6. The maximum Gasteiger partial charge on any atom is 0.257 e. The third-order valence-electron chi connectivity index (χ3n) is 3.89. The van der Waals surface area contributed by atoms with Gasteiger partial charge in [0.1, 0.15) is 35.2 Å². The molecule has 138 valence electrons. The fraction of sp³-hybridized carbons (Fsp3) is 0.353. The summed E-state index contributed by atoms with van der Waals surface area (Å²) in [4.78, 5) is 22.4. The van der Waals surface area contributed by atoms with Crippen LogP contribution in [0.2, 0.25) is 0 Å². The number of anilines is 2. The van der Waals surface area contributed by atoms with Gasteiger partial charge in [-0.25, -0.2) is 18.7 Å². The molecule has 1 aliphatic heterocycles. The number of halogens is 2. The molecule has 2 N–H and O–H groups in total. The quantitative estimate of drug-likeness (QED) is 0.756. The van der Waals surface area contributed by atoms with Crippen LogP contribution < -0.4 is 15.5 Å². The van der Waals surface area contributed by atoms with Gasteiger partial charge in [-0.1, -0.05) is 6.07 Å². The lowest BCUT2D eigenvalue weighted by Crippen LogP contribution is -2.36. The lowest BCUT2D eigenvalue weighted by molar-refractivity contribution is 0.0946. The highest BCUT2D eigenvalue weighted by Gasteiger charge is 2.16. The van der Waals surface area contributed by atoms with Gasteiger partial charge in [-0.15, -0.1) is 0 Å². The topological polar surface area (TPSA) is 79.4 Å². The largest absolute Gasteiger partial charge is 0.378 e. The van der Waals surface area contributed by atoms with Gasteiger partial charge >= 0.3 is 0 Å². The van der Waals surface area contributed by atoms with Gasteiger partial charge in [0, 0.05) is 32.2 Å². The zero-order chi connectivity index (χ0) is 18.4. The van der Waals surface area contributed by atoms with Crippen molar-refractivity contribution in [3.05, 3.63) is 47.8 Å². The summed E-state index contributed by atoms with van der Waals surface area (Å²) >= 11 is 0. The average molecular weight is 363 g/mol. The van der Waals surface area contributed by atoms with Crippen LogP contribution in [0.5, 0.6) is 0 Å². The predicted octanol–water partition coefficient (Wildman–Crippen LogP) is 1.43. The van der Waals surface area contributed by atoms with Crippen molar-refractivity contribution in [3.63, 3.8) is 0 Å². The van der Waals surface area contributed by atoms with Gasteiger partial charge in [-0.05, 0) is 12.1 Å². The van der Waals surface area contributed by atoms with Crippen LogP contribution in [0.1, 0.15) is 10.4 Å². The second-order valence-corrected chi connectivity index (χ2v) is 5.64. The number of amides is 1. The van der Waals surface area contributed by atoms with Crippen molar-refractivity contribution >= 4 is 17.5 Å². The van der Waals surface area contributed by atoms with Crippen LogP contribution in [0.15, 0.2) is 30.6 Å². The summed E-state index contributed by atoms with van der Waals surface area (Å²) < 4.78 is 32.4. The van der Waals surface area contributed by atoms with Gasteiger partial charge in [0.2, 0.25) is 0 Å². The van der Waals surface area contributed by atoms with Crippen LogP contribution >= 0.6 is 0 Å². The number of benzene rings is 1. The first-order chi connectivity index (χ1) is 12.6. The fourth-order valence-electron chi connectivity index (χ4n) is 2.58. The summed E-state index contributed by atoms with van der Waals surface area (Å²) in [5, 5.41) is 5.53. The van der Waals surface area contributed by atoms with Crippen molar-refractivity contribution in [1.82, 2.24) is 15.3 Å². The van der Waals surface area contributed by atoms with Crippen molar-refractivity contribution < 1.29 is 18.3 Å². The molecule has 0 spiro atoms. The van der Waals surface area contributed by atoms with E-state index in [0.717, 1.165) is 31.0 Å². The highest BCUT2D eigenvalue weighted by atomic mass is 19.1. The van der Waals surface area contributed by atoms with Crippen molar-refractivity contribution in [2.45, 2.75) is 0 Å². The number of nitrogens with one attached hydrogen (secondary N) is 2. The average Bonchev–Trinajstić information content (AvgIpc) is 2.66. The van der Waals surface area contributed by atoms with E-state index in [1.807, 2.05) is 6.07 Å². The molecule has 0 radical (unpaired) electrons. The molecule has 1 aliphatic rings. The Morgan fingerprint density at radius 2 is 1.88 bits per heavy atom. The van der Waals surface area contributed by atoms with Gasteiger partial charge in [0.05, 0.1) is 13.2 Å². The lowest BCUT2D eigenvalue weighted by Gasteiger charge is -2.27. The second-order valence-electron chi connectivity index (χ2n) is 5.64. The fourth-order valence-corrected chi connectivity index (χ4v) is 2.58. The summed E-state index contributed by atoms with van der Waals surface area (Å²) in [6, 6.07) is 5.11. The molecule has 1 aromatic carbocycles. The molecule has 1 fully saturated rings. The molecule has 1 amide bonds. The minimum absolute atomic E-state index is 0.184. The SMILES string of the molecule is O=C(NCCNc1cc(N2CCOCC2)ncn1)c1c(F)cccc1F. The highest BCUT2D eigenvalue weighted by molar-refractivity contribution is 5.94. The molecular formula is C17H19F2N5O2. The Kier molecular flexibility index (Phi) is 5.90. The van der Waals surface area contributed by atoms with E-state index in [9.17, 15) is 13.6 Å². The first-order valence-corrected chi connectivity index (χ1v) is 8.26. The van der Waals surface area contributed by atoms with Gasteiger partial charge in [-0.2, -0.15) is 0 Å². The van der Waals surface area contributed by atoms with Gasteiger partial charge in [0.15, 0.2) is 0 Å². The number of carbonyl (C=O) groups excluding carboxylic acids is 1. The number of aromatic nitrogens is 2. The Morgan fingerprint density at radius 1 is 1.15 bits per heavy atom. The molecule has 1 aromatic heterocycles. The maximum atomic E-state index is 13.5. The smallest absolute Gasteiger partial charge is 0.257 e. The molecule has 0 bridgehead atoms. The van der Waals surface area contributed by atoms with Crippen LogP contribution in [0.3, 0.4) is 0 Å². The van der Waals surface area contributed by atoms with Gasteiger partial charge in [0.25, 0.3) is 5.91 Å². The Hall–Kier alpha value is -2.81. The van der Waals surface area contributed by atoms with E-state index in [0.29, 0.717) is 25.6 Å². The summed E-state index contributed by atoms with van der Waals surface area (Å²) in [5.74, 6) is -1.17. The molecule has 0 saturated carbocycles. The number of ether oxygens (including phenoxy) is 1. The number of hydrogen-bond donors (Lipinski definition) is 2. The molecule has 2 aromatic rings. The first kappa shape index (κ1) is 18.0. The van der Waals surface area contributed by atoms with E-state index in [-0.39, 0.29) is 6.54 Å². The van der Waals surface area contributed by atoms with Gasteiger partial charge < -0.3 is 20.3 Å². The van der Waals surface area contributed by atoms with E-state index >= 15 is 0 Å². The van der Waals surface area contributed by atoms with Crippen LogP contribution in [-0.2, 0) is 4.74 Å². The monoisotopic (exact) mass is 363 g/mol. The van der Waals surface area contributed by atoms with Crippen molar-refractivity contribution in [1.29, 1.82) is 0 Å². The highest BCUT2D eigenvalue weighted by Crippen LogP contribution is 2.15. The Balaban J connectivity index is 1.50. The zero-order valence-corrected chi connectivity index (χ0v) is 14.0. The minimum Gasteiger partial charge on any atom is -0.378 e. The van der Waals surface area contributed by atoms with E-state index < -0.39 is 23.1 Å². The molecule has 7 nitrogen and oxygen atoms in total. The van der Waals surface area contributed by atoms with Crippen LogP contribution in [0.25, 0.3) is 0 Å². The molecule has 1 saturated heterocycles. The number of hydrogen-bond acceptors (Lipinski definition) is 6. The minimum atomic E-state index is -0.888. The number of carbonyl (C=O) groups is 1. The summed E-state index contributed by atoms with van der Waals surface area (Å²) in [5.41, 5.74) is -0.580. The summed E-state index contributed by atoms with van der Waals surface area (Å²) in [7, 11) is 0. The lowest BCUT2D eigenvalue weighted by atomic mass is 10.2. The zero-order valence-electron chi connectivity index (χ0n) is 14.0. The van der Waals surface area contributed by atoms with E-state index in [2.05, 4.69) is 25.5 Å². The molecule has 26 heavy (non-hydrogen) atoms. The third-order valence-corrected chi connectivity index (χ3v) is 3.89. The molecular weight excluding hydrogens is 344 g/mol. The van der Waals surface area contributed by atoms with Crippen LogP contribution in [0, 0.1) is 11.6 Å². The number of morpholine rings is 1. The molecule has 2 heterocycles. The van der Waals surface area contributed by atoms with Crippen molar-refractivity contribution in [2.75, 3.05) is 49.6 Å².